The summed E-state index contributed by atoms with van der Waals surface area (Å²) in [5, 5.41) is 12.7. The van der Waals surface area contributed by atoms with Crippen LogP contribution in [-0.2, 0) is 10.8 Å². The number of aliphatic hydroxyl groups excluding tert-OH is 1. The first kappa shape index (κ1) is 28.5. The molecule has 0 spiro atoms. The van der Waals surface area contributed by atoms with E-state index < -0.39 is 14.4 Å². The second-order valence-electron chi connectivity index (χ2n) is 13.8. The van der Waals surface area contributed by atoms with Crippen LogP contribution in [0.4, 0.5) is 0 Å². The molecule has 2 aliphatic rings. The Morgan fingerprint density at radius 2 is 1.78 bits per heavy atom. The second-order valence-corrected chi connectivity index (χ2v) is 19.0. The first-order chi connectivity index (χ1) is 17.1. The Balaban J connectivity index is 2.02. The number of halogens is 1. The van der Waals surface area contributed by atoms with E-state index in [1.807, 2.05) is 24.3 Å². The number of allylic oxidation sites excluding steroid dienone is 2. The third kappa shape index (κ3) is 5.78. The van der Waals surface area contributed by atoms with Gasteiger partial charge in [0.15, 0.2) is 8.32 Å². The lowest BCUT2D eigenvalue weighted by atomic mass is 9.71. The van der Waals surface area contributed by atoms with Crippen LogP contribution in [0, 0.1) is 5.41 Å². The summed E-state index contributed by atoms with van der Waals surface area (Å²) in [6, 6.07) is 7.61. The molecular weight excluding hydrogens is 494 g/mol. The number of fused-ring (bicyclic) bond motifs is 1. The van der Waals surface area contributed by atoms with E-state index >= 15 is 0 Å². The normalized spacial score (nSPS) is 20.6. The van der Waals surface area contributed by atoms with Gasteiger partial charge in [0.05, 0.1) is 6.10 Å². The summed E-state index contributed by atoms with van der Waals surface area (Å²) >= 11 is 6.20. The van der Waals surface area contributed by atoms with Crippen LogP contribution >= 0.6 is 11.6 Å². The third-order valence-electron chi connectivity index (χ3n) is 8.70. The molecule has 1 aromatic heterocycles. The Bertz CT molecular complexity index is 1170. The second kappa shape index (κ2) is 10.3. The highest BCUT2D eigenvalue weighted by molar-refractivity contribution is 6.74. The van der Waals surface area contributed by atoms with Crippen molar-refractivity contribution in [3.05, 3.63) is 69.0 Å². The summed E-state index contributed by atoms with van der Waals surface area (Å²) in [5.74, 6) is 0.188. The molecule has 4 rings (SSSR count). The zero-order valence-corrected chi connectivity index (χ0v) is 26.1. The molecule has 0 radical (unpaired) electrons. The van der Waals surface area contributed by atoms with Crippen LogP contribution in [0.3, 0.4) is 0 Å². The van der Waals surface area contributed by atoms with Crippen LogP contribution in [0.5, 0.6) is 0 Å². The van der Waals surface area contributed by atoms with Crippen molar-refractivity contribution in [1.29, 1.82) is 0 Å². The Kier molecular flexibility index (Phi) is 7.91. The number of rotatable bonds is 6. The van der Waals surface area contributed by atoms with Gasteiger partial charge in [0.25, 0.3) is 0 Å². The average Bonchev–Trinajstić information content (AvgIpc) is 3.30. The number of aliphatic hydroxyl groups is 1. The predicted octanol–water partition coefficient (Wildman–Crippen LogP) is 9.54. The van der Waals surface area contributed by atoms with Gasteiger partial charge in [-0.1, -0.05) is 78.3 Å². The van der Waals surface area contributed by atoms with Gasteiger partial charge in [-0.25, -0.2) is 0 Å². The van der Waals surface area contributed by atoms with Crippen LogP contribution in [0.1, 0.15) is 126 Å². The molecule has 0 bridgehead atoms. The van der Waals surface area contributed by atoms with E-state index in [1.165, 1.54) is 22.4 Å². The fraction of sp³-hybridized carbons (Fsp3) is 0.594. The summed E-state index contributed by atoms with van der Waals surface area (Å²) < 4.78 is 7.23. The van der Waals surface area contributed by atoms with Crippen molar-refractivity contribution in [3.63, 3.8) is 0 Å². The molecule has 202 valence electrons. The topological polar surface area (TPSA) is 42.4 Å². The number of hydrogen-bond donors (Lipinski definition) is 1. The van der Waals surface area contributed by atoms with Gasteiger partial charge >= 0.3 is 0 Å². The molecule has 1 aromatic carbocycles. The zero-order valence-electron chi connectivity index (χ0n) is 24.3. The van der Waals surface area contributed by atoms with Gasteiger partial charge in [-0.2, -0.15) is 0 Å². The Morgan fingerprint density at radius 1 is 1.14 bits per heavy atom. The molecule has 0 fully saturated rings. The quantitative estimate of drug-likeness (QED) is 0.371. The fourth-order valence-corrected chi connectivity index (χ4v) is 7.09. The highest BCUT2D eigenvalue weighted by Gasteiger charge is 2.45. The molecule has 0 saturated heterocycles. The van der Waals surface area contributed by atoms with E-state index in [4.69, 9.17) is 21.0 Å². The van der Waals surface area contributed by atoms with Gasteiger partial charge in [-0.05, 0) is 90.4 Å². The van der Waals surface area contributed by atoms with Gasteiger partial charge in [-0.3, -0.25) is 4.98 Å². The van der Waals surface area contributed by atoms with Gasteiger partial charge in [0.2, 0.25) is 0 Å². The summed E-state index contributed by atoms with van der Waals surface area (Å²) in [6.45, 7) is 20.7. The van der Waals surface area contributed by atoms with Crippen LogP contribution in [0.2, 0.25) is 23.2 Å². The Morgan fingerprint density at radius 3 is 2.32 bits per heavy atom. The maximum atomic E-state index is 12.0. The maximum absolute atomic E-state index is 12.0. The molecule has 3 nitrogen and oxygen atoms in total. The van der Waals surface area contributed by atoms with Crippen molar-refractivity contribution in [2.75, 3.05) is 0 Å². The summed E-state index contributed by atoms with van der Waals surface area (Å²) in [4.78, 5) is 5.37. The molecule has 2 aromatic rings. The molecule has 0 aliphatic heterocycles. The van der Waals surface area contributed by atoms with Crippen molar-refractivity contribution in [3.8, 4) is 0 Å². The first-order valence-electron chi connectivity index (χ1n) is 14.0. The molecule has 1 heterocycles. The maximum Gasteiger partial charge on any atom is 0.192 e. The van der Waals surface area contributed by atoms with Crippen molar-refractivity contribution in [2.24, 2.45) is 5.41 Å². The number of aromatic nitrogens is 1. The number of pyridine rings is 1. The van der Waals surface area contributed by atoms with E-state index in [0.717, 1.165) is 48.9 Å². The molecule has 1 N–H and O–H groups in total. The minimum Gasteiger partial charge on any atom is -0.410 e. The van der Waals surface area contributed by atoms with Gasteiger partial charge in [0.1, 0.15) is 6.10 Å². The highest BCUT2D eigenvalue weighted by atomic mass is 35.5. The van der Waals surface area contributed by atoms with E-state index in [0.29, 0.717) is 5.02 Å². The average molecular weight is 540 g/mol. The number of benzene rings is 1. The summed E-state index contributed by atoms with van der Waals surface area (Å²) in [6.07, 6.45) is 6.75. The SMILES string of the molecule is CC(C)c1nc2c(c(C3=CCCC3)c1[C@H](O)c1ccc(Cl)cc1)C(O[Si](C)(C)C(C)(C)C)CC(C)(C)C2. The molecule has 0 saturated carbocycles. The van der Waals surface area contributed by atoms with Crippen molar-refractivity contribution in [1.82, 2.24) is 4.98 Å². The highest BCUT2D eigenvalue weighted by Crippen LogP contribution is 2.52. The van der Waals surface area contributed by atoms with Crippen LogP contribution < -0.4 is 0 Å². The summed E-state index contributed by atoms with van der Waals surface area (Å²) in [5.41, 5.74) is 7.90. The number of nitrogens with zero attached hydrogens (tertiary/aromatic N) is 1. The van der Waals surface area contributed by atoms with Gasteiger partial charge in [0, 0.05) is 27.5 Å². The van der Waals surface area contributed by atoms with Crippen molar-refractivity contribution in [2.45, 2.75) is 117 Å². The predicted molar refractivity (Wildman–Crippen MR) is 159 cm³/mol. The zero-order chi connectivity index (χ0) is 27.3. The lowest BCUT2D eigenvalue weighted by Gasteiger charge is -2.45. The van der Waals surface area contributed by atoms with E-state index in [2.05, 4.69) is 67.6 Å². The standard InChI is InChI=1S/C32H46ClNO2Si/c1-20(2)29-28(30(35)22-14-16-23(33)17-15-22)26(21-12-10-11-13-21)27-24(34-29)18-32(6,7)19-25(27)36-37(8,9)31(3,4)5/h12,14-17,20,25,30,35H,10-11,13,18-19H2,1-9H3/t25?,30-/m1/s1. The smallest absolute Gasteiger partial charge is 0.192 e. The molecule has 2 atom stereocenters. The minimum atomic E-state index is -2.06. The summed E-state index contributed by atoms with van der Waals surface area (Å²) in [7, 11) is -2.06. The van der Waals surface area contributed by atoms with E-state index in [-0.39, 0.29) is 22.5 Å². The molecule has 5 heteroatoms. The monoisotopic (exact) mass is 539 g/mol. The fourth-order valence-electron chi connectivity index (χ4n) is 5.70. The molecule has 2 aliphatic carbocycles. The molecule has 0 amide bonds. The van der Waals surface area contributed by atoms with Crippen molar-refractivity contribution < 1.29 is 9.53 Å². The van der Waals surface area contributed by atoms with Gasteiger partial charge < -0.3 is 9.53 Å². The third-order valence-corrected chi connectivity index (χ3v) is 13.4. The molecule has 1 unspecified atom stereocenters. The largest absolute Gasteiger partial charge is 0.410 e. The van der Waals surface area contributed by atoms with Crippen molar-refractivity contribution >= 4 is 25.5 Å². The van der Waals surface area contributed by atoms with Gasteiger partial charge in [-0.15, -0.1) is 0 Å². The van der Waals surface area contributed by atoms with E-state index in [9.17, 15) is 5.11 Å². The van der Waals surface area contributed by atoms with Crippen LogP contribution in [-0.4, -0.2) is 18.4 Å². The first-order valence-corrected chi connectivity index (χ1v) is 17.3. The molecular formula is C32H46ClNO2Si. The molecule has 37 heavy (non-hydrogen) atoms. The van der Waals surface area contributed by atoms with E-state index in [1.54, 1.807) is 0 Å². The number of hydrogen-bond acceptors (Lipinski definition) is 3. The Hall–Kier alpha value is -1.46. The lowest BCUT2D eigenvalue weighted by molar-refractivity contribution is 0.105. The van der Waals surface area contributed by atoms with Crippen LogP contribution in [0.15, 0.2) is 30.3 Å². The minimum absolute atomic E-state index is 0.0268. The Labute approximate surface area is 230 Å². The lowest BCUT2D eigenvalue weighted by Crippen LogP contribution is -2.44. The van der Waals surface area contributed by atoms with Crippen LogP contribution in [0.25, 0.3) is 5.57 Å².